The van der Waals surface area contributed by atoms with E-state index in [1.165, 1.54) is 0 Å². The first-order valence-corrected chi connectivity index (χ1v) is 6.84. The Kier molecular flexibility index (Phi) is 4.95. The van der Waals surface area contributed by atoms with Crippen LogP contribution in [0.15, 0.2) is 24.3 Å². The molecule has 0 aliphatic rings. The molecule has 0 saturated heterocycles. The van der Waals surface area contributed by atoms with Crippen molar-refractivity contribution in [1.29, 1.82) is 0 Å². The Morgan fingerprint density at radius 1 is 1.43 bits per heavy atom. The SMILES string of the molecule is COc1ccc2cc(CN(C)C(C)CO)c(NN)nc2c1. The lowest BCUT2D eigenvalue weighted by molar-refractivity contribution is 0.154. The van der Waals surface area contributed by atoms with E-state index in [0.29, 0.717) is 12.4 Å². The van der Waals surface area contributed by atoms with E-state index in [2.05, 4.69) is 16.5 Å². The highest BCUT2D eigenvalue weighted by Gasteiger charge is 2.13. The number of nitrogen functional groups attached to an aromatic ring is 1. The lowest BCUT2D eigenvalue weighted by atomic mass is 10.1. The number of methoxy groups -OCH3 is 1. The molecule has 1 aromatic carbocycles. The summed E-state index contributed by atoms with van der Waals surface area (Å²) >= 11 is 0. The van der Waals surface area contributed by atoms with Crippen LogP contribution in [0, 0.1) is 0 Å². The van der Waals surface area contributed by atoms with Gasteiger partial charge in [0.2, 0.25) is 0 Å². The minimum Gasteiger partial charge on any atom is -0.497 e. The lowest BCUT2D eigenvalue weighted by Gasteiger charge is -2.23. The second-order valence-electron chi connectivity index (χ2n) is 5.15. The molecule has 6 nitrogen and oxygen atoms in total. The van der Waals surface area contributed by atoms with Crippen LogP contribution in [0.4, 0.5) is 5.82 Å². The summed E-state index contributed by atoms with van der Waals surface area (Å²) in [5.41, 5.74) is 4.45. The number of nitrogens with two attached hydrogens (primary N) is 1. The van der Waals surface area contributed by atoms with Crippen LogP contribution in [0.25, 0.3) is 10.9 Å². The molecule has 0 spiro atoms. The maximum atomic E-state index is 9.23. The predicted molar refractivity (Wildman–Crippen MR) is 84.1 cm³/mol. The first kappa shape index (κ1) is 15.5. The van der Waals surface area contributed by atoms with E-state index in [-0.39, 0.29) is 12.6 Å². The smallest absolute Gasteiger partial charge is 0.145 e. The summed E-state index contributed by atoms with van der Waals surface area (Å²) in [5, 5.41) is 10.3. The van der Waals surface area contributed by atoms with Gasteiger partial charge in [0.25, 0.3) is 0 Å². The van der Waals surface area contributed by atoms with Crippen LogP contribution < -0.4 is 16.0 Å². The largest absolute Gasteiger partial charge is 0.497 e. The van der Waals surface area contributed by atoms with Crippen LogP contribution in [0.5, 0.6) is 5.75 Å². The molecule has 0 aliphatic heterocycles. The molecule has 21 heavy (non-hydrogen) atoms. The number of pyridine rings is 1. The number of hydrogen-bond donors (Lipinski definition) is 3. The summed E-state index contributed by atoms with van der Waals surface area (Å²) in [4.78, 5) is 6.58. The van der Waals surface area contributed by atoms with E-state index in [9.17, 15) is 5.11 Å². The number of nitrogens with zero attached hydrogens (tertiary/aromatic N) is 2. The summed E-state index contributed by atoms with van der Waals surface area (Å²) in [5.74, 6) is 6.98. The molecular weight excluding hydrogens is 268 g/mol. The number of hydrazine groups is 1. The van der Waals surface area contributed by atoms with E-state index < -0.39 is 0 Å². The summed E-state index contributed by atoms with van der Waals surface area (Å²) in [6, 6.07) is 7.88. The quantitative estimate of drug-likeness (QED) is 0.550. The highest BCUT2D eigenvalue weighted by atomic mass is 16.5. The molecule has 0 fully saturated rings. The summed E-state index contributed by atoms with van der Waals surface area (Å²) in [6.07, 6.45) is 0. The van der Waals surface area contributed by atoms with Crippen molar-refractivity contribution >= 4 is 16.7 Å². The number of aliphatic hydroxyl groups is 1. The first-order valence-electron chi connectivity index (χ1n) is 6.84. The third kappa shape index (κ3) is 3.41. The fourth-order valence-electron chi connectivity index (χ4n) is 2.13. The van der Waals surface area contributed by atoms with Crippen molar-refractivity contribution in [3.63, 3.8) is 0 Å². The molecule has 6 heteroatoms. The maximum absolute atomic E-state index is 9.23. The van der Waals surface area contributed by atoms with Gasteiger partial charge in [-0.1, -0.05) is 0 Å². The number of nitrogens with one attached hydrogen (secondary N) is 1. The number of fused-ring (bicyclic) bond motifs is 1. The zero-order chi connectivity index (χ0) is 15.4. The van der Waals surface area contributed by atoms with Crippen LogP contribution in [0.2, 0.25) is 0 Å². The number of benzene rings is 1. The fourth-order valence-corrected chi connectivity index (χ4v) is 2.13. The van der Waals surface area contributed by atoms with Crippen molar-refractivity contribution in [3.8, 4) is 5.75 Å². The molecule has 1 aromatic heterocycles. The van der Waals surface area contributed by atoms with E-state index in [1.807, 2.05) is 37.1 Å². The zero-order valence-corrected chi connectivity index (χ0v) is 12.6. The summed E-state index contributed by atoms with van der Waals surface area (Å²) < 4.78 is 5.21. The second-order valence-corrected chi connectivity index (χ2v) is 5.15. The third-order valence-electron chi connectivity index (χ3n) is 3.68. The van der Waals surface area contributed by atoms with Crippen LogP contribution in [-0.4, -0.2) is 41.8 Å². The van der Waals surface area contributed by atoms with Crippen LogP contribution in [0.1, 0.15) is 12.5 Å². The molecule has 0 saturated carbocycles. The van der Waals surface area contributed by atoms with Crippen LogP contribution in [-0.2, 0) is 6.54 Å². The topological polar surface area (TPSA) is 83.6 Å². The van der Waals surface area contributed by atoms with Gasteiger partial charge in [-0.3, -0.25) is 4.90 Å². The first-order chi connectivity index (χ1) is 10.1. The van der Waals surface area contributed by atoms with Gasteiger partial charge in [0.1, 0.15) is 11.6 Å². The molecule has 1 heterocycles. The molecule has 4 N–H and O–H groups in total. The number of anilines is 1. The highest BCUT2D eigenvalue weighted by Crippen LogP contribution is 2.24. The molecule has 2 rings (SSSR count). The van der Waals surface area contributed by atoms with E-state index in [4.69, 9.17) is 10.6 Å². The molecule has 114 valence electrons. The Hall–Kier alpha value is -1.89. The fraction of sp³-hybridized carbons (Fsp3) is 0.400. The van der Waals surface area contributed by atoms with Crippen molar-refractivity contribution < 1.29 is 9.84 Å². The van der Waals surface area contributed by atoms with Crippen molar-refractivity contribution in [2.45, 2.75) is 19.5 Å². The van der Waals surface area contributed by atoms with Gasteiger partial charge in [0.05, 0.1) is 19.2 Å². The van der Waals surface area contributed by atoms with Gasteiger partial charge in [-0.2, -0.15) is 0 Å². The molecular formula is C15H22N4O2. The number of hydrogen-bond acceptors (Lipinski definition) is 6. The Morgan fingerprint density at radius 2 is 2.19 bits per heavy atom. The predicted octanol–water partition coefficient (Wildman–Crippen LogP) is 1.34. The van der Waals surface area contributed by atoms with Gasteiger partial charge in [-0.15, -0.1) is 0 Å². The van der Waals surface area contributed by atoms with Crippen LogP contribution >= 0.6 is 0 Å². The van der Waals surface area contributed by atoms with Gasteiger partial charge < -0.3 is 15.3 Å². The third-order valence-corrected chi connectivity index (χ3v) is 3.68. The average Bonchev–Trinajstić information content (AvgIpc) is 2.52. The standard InChI is InChI=1S/C15H22N4O2/c1-10(9-20)19(2)8-12-6-11-4-5-13(21-3)7-14(11)17-15(12)18-16/h4-7,10,20H,8-9,16H2,1-3H3,(H,17,18). The summed E-state index contributed by atoms with van der Waals surface area (Å²) in [6.45, 7) is 2.73. The van der Waals surface area contributed by atoms with E-state index in [1.54, 1.807) is 7.11 Å². The number of rotatable bonds is 6. The van der Waals surface area contributed by atoms with Crippen LogP contribution in [0.3, 0.4) is 0 Å². The van der Waals surface area contributed by atoms with Gasteiger partial charge >= 0.3 is 0 Å². The molecule has 1 atom stereocenters. The van der Waals surface area contributed by atoms with Gasteiger partial charge in [-0.25, -0.2) is 10.8 Å². The molecule has 0 bridgehead atoms. The van der Waals surface area contributed by atoms with E-state index in [0.717, 1.165) is 22.2 Å². The minimum atomic E-state index is 0.0715. The van der Waals surface area contributed by atoms with Gasteiger partial charge in [-0.05, 0) is 32.2 Å². The molecule has 0 amide bonds. The Morgan fingerprint density at radius 3 is 2.81 bits per heavy atom. The second kappa shape index (κ2) is 6.71. The van der Waals surface area contributed by atoms with E-state index >= 15 is 0 Å². The molecule has 1 unspecified atom stereocenters. The number of aromatic nitrogens is 1. The monoisotopic (exact) mass is 290 g/mol. The van der Waals surface area contributed by atoms with Crippen molar-refractivity contribution in [3.05, 3.63) is 29.8 Å². The molecule has 0 radical (unpaired) electrons. The number of ether oxygens (including phenoxy) is 1. The zero-order valence-electron chi connectivity index (χ0n) is 12.6. The molecule has 0 aliphatic carbocycles. The Bertz CT molecular complexity index is 618. The Labute approximate surface area is 124 Å². The van der Waals surface area contributed by atoms with Gasteiger partial charge in [0, 0.05) is 29.6 Å². The lowest BCUT2D eigenvalue weighted by Crippen LogP contribution is -2.32. The van der Waals surface area contributed by atoms with Crippen molar-refractivity contribution in [2.24, 2.45) is 5.84 Å². The average molecular weight is 290 g/mol. The number of aliphatic hydroxyl groups excluding tert-OH is 1. The molecule has 2 aromatic rings. The minimum absolute atomic E-state index is 0.0715. The number of likely N-dealkylation sites (N-methyl/N-ethyl adjacent to an activating group) is 1. The maximum Gasteiger partial charge on any atom is 0.145 e. The van der Waals surface area contributed by atoms with Crippen molar-refractivity contribution in [2.75, 3.05) is 26.2 Å². The van der Waals surface area contributed by atoms with Gasteiger partial charge in [0.15, 0.2) is 0 Å². The normalized spacial score (nSPS) is 12.7. The van der Waals surface area contributed by atoms with Crippen molar-refractivity contribution in [1.82, 2.24) is 9.88 Å². The summed E-state index contributed by atoms with van der Waals surface area (Å²) in [7, 11) is 3.59. The highest BCUT2D eigenvalue weighted by molar-refractivity contribution is 5.83. The Balaban J connectivity index is 2.39.